The fraction of sp³-hybridized carbons (Fsp3) is 0.739. The summed E-state index contributed by atoms with van der Waals surface area (Å²) in [7, 11) is 1.72. The van der Waals surface area contributed by atoms with Crippen molar-refractivity contribution in [3.8, 4) is 0 Å². The molecule has 1 unspecified atom stereocenters. The van der Waals surface area contributed by atoms with Crippen molar-refractivity contribution in [1.29, 1.82) is 0 Å². The molecule has 3 N–H and O–H groups in total. The molecule has 0 spiro atoms. The number of Topliss-reactive ketones (excluding diaryl/α,β-unsaturated/α-hetero) is 2. The lowest BCUT2D eigenvalue weighted by atomic mass is 9.70. The SMILES string of the molecule is CO[C@H]1CCC[C@@H](CC2CCC(=O)C/C=C(\C)[C@@H](O)CC[C@H](C)CC/C=C/C=C/C=C(\C)CC[C@@H]3CC[C@@H](C)[C@@](O)(O3)C(=O)C(=O)N3CCC[C@H]2[C@H]3C(=O)O)C1. The van der Waals surface area contributed by atoms with Gasteiger partial charge in [0.2, 0.25) is 5.79 Å². The first-order valence-corrected chi connectivity index (χ1v) is 21.6. The molecule has 10 heteroatoms. The van der Waals surface area contributed by atoms with Crippen LogP contribution in [-0.4, -0.2) is 87.5 Å². The van der Waals surface area contributed by atoms with Gasteiger partial charge in [-0.05, 0) is 133 Å². The number of nitrogens with zero attached hydrogens (tertiary/aromatic N) is 1. The highest BCUT2D eigenvalue weighted by Crippen LogP contribution is 2.41. The maximum Gasteiger partial charge on any atom is 0.326 e. The number of carboxylic acid groups (broad SMARTS) is 1. The van der Waals surface area contributed by atoms with Crippen LogP contribution in [0.5, 0.6) is 0 Å². The standard InChI is InChI=1S/C46H71NO9/c1-31-13-9-7-6-8-10-14-32(2)19-27-41(49)33(3)20-23-37(48)24-22-36(29-35-15-11-16-39(30-35)55-5)40-17-12-28-47(42(40)45(52)53)44(51)43(50)46(54)34(4)21-26-38(56-46)25-18-31/h6-9,13,20,32,34-36,38-42,49,54H,10-12,14-19,21-30H2,1-5H3,(H,52,53)/b8-6+,9-7+,31-13+,33-20+/t32-,34-,35+,36?,38-,39+,40-,41+,42+,46-/m1/s1. The molecule has 0 aromatic rings. The number of aliphatic hydroxyl groups is 2. The fourth-order valence-electron chi connectivity index (χ4n) is 9.48. The van der Waals surface area contributed by atoms with E-state index in [0.717, 1.165) is 56.1 Å². The molecule has 0 radical (unpaired) electrons. The van der Waals surface area contributed by atoms with Crippen LogP contribution in [0.3, 0.4) is 0 Å². The number of piperidine rings is 1. The molecule has 1 saturated carbocycles. The summed E-state index contributed by atoms with van der Waals surface area (Å²) >= 11 is 0. The Morgan fingerprint density at radius 1 is 0.929 bits per heavy atom. The van der Waals surface area contributed by atoms with Gasteiger partial charge in [0, 0.05) is 32.4 Å². The Morgan fingerprint density at radius 2 is 1.71 bits per heavy atom. The second kappa shape index (κ2) is 22.3. The number of ketones is 2. The largest absolute Gasteiger partial charge is 0.480 e. The third-order valence-corrected chi connectivity index (χ3v) is 13.3. The zero-order valence-corrected chi connectivity index (χ0v) is 34.8. The zero-order chi connectivity index (χ0) is 40.8. The van der Waals surface area contributed by atoms with Crippen molar-refractivity contribution >= 4 is 23.4 Å². The predicted octanol–water partition coefficient (Wildman–Crippen LogP) is 8.06. The van der Waals surface area contributed by atoms with Gasteiger partial charge in [-0.1, -0.05) is 68.7 Å². The first-order chi connectivity index (χ1) is 26.7. The van der Waals surface area contributed by atoms with Gasteiger partial charge >= 0.3 is 5.97 Å². The highest BCUT2D eigenvalue weighted by molar-refractivity contribution is 6.39. The lowest BCUT2D eigenvalue weighted by Gasteiger charge is -2.45. The molecule has 0 aromatic carbocycles. The summed E-state index contributed by atoms with van der Waals surface area (Å²) < 4.78 is 11.8. The maximum absolute atomic E-state index is 14.2. The van der Waals surface area contributed by atoms with Crippen molar-refractivity contribution in [3.05, 3.63) is 47.6 Å². The van der Waals surface area contributed by atoms with E-state index in [4.69, 9.17) is 9.47 Å². The lowest BCUT2D eigenvalue weighted by Crippen LogP contribution is -2.62. The highest BCUT2D eigenvalue weighted by atomic mass is 16.6. The number of amides is 1. The molecule has 4 bridgehead atoms. The van der Waals surface area contributed by atoms with E-state index >= 15 is 0 Å². The van der Waals surface area contributed by atoms with Gasteiger partial charge < -0.3 is 29.7 Å². The molecule has 1 aliphatic carbocycles. The molecule has 2 saturated heterocycles. The maximum atomic E-state index is 14.2. The van der Waals surface area contributed by atoms with Crippen molar-refractivity contribution in [3.63, 3.8) is 0 Å². The van der Waals surface area contributed by atoms with E-state index in [1.54, 1.807) is 14.0 Å². The third-order valence-electron chi connectivity index (χ3n) is 13.3. The molecular formula is C46H71NO9. The Bertz CT molecular complexity index is 1450. The van der Waals surface area contributed by atoms with Crippen LogP contribution < -0.4 is 0 Å². The predicted molar refractivity (Wildman–Crippen MR) is 217 cm³/mol. The summed E-state index contributed by atoms with van der Waals surface area (Å²) in [6.45, 7) is 7.89. The number of rotatable bonds is 4. The van der Waals surface area contributed by atoms with Gasteiger partial charge in [-0.15, -0.1) is 0 Å². The number of fused-ring (bicyclic) bond motifs is 4. The summed E-state index contributed by atoms with van der Waals surface area (Å²) in [6.07, 6.45) is 23.5. The van der Waals surface area contributed by atoms with Crippen LogP contribution >= 0.6 is 0 Å². The van der Waals surface area contributed by atoms with Crippen molar-refractivity contribution in [2.75, 3.05) is 13.7 Å². The smallest absolute Gasteiger partial charge is 0.326 e. The number of aliphatic hydroxyl groups excluding tert-OH is 1. The van der Waals surface area contributed by atoms with Crippen LogP contribution in [0.2, 0.25) is 0 Å². The fourth-order valence-corrected chi connectivity index (χ4v) is 9.48. The van der Waals surface area contributed by atoms with E-state index in [-0.39, 0.29) is 43.1 Å². The number of hydrogen-bond donors (Lipinski definition) is 3. The summed E-state index contributed by atoms with van der Waals surface area (Å²) in [5, 5.41) is 33.4. The number of methoxy groups -OCH3 is 1. The van der Waals surface area contributed by atoms with E-state index in [9.17, 15) is 34.5 Å². The number of hydrogen-bond acceptors (Lipinski definition) is 8. The second-order valence-electron chi connectivity index (χ2n) is 17.6. The molecule has 3 aliphatic heterocycles. The molecule has 0 aromatic heterocycles. The van der Waals surface area contributed by atoms with Crippen LogP contribution in [0.1, 0.15) is 143 Å². The van der Waals surface area contributed by atoms with E-state index in [1.165, 1.54) is 4.90 Å². The number of carbonyl (C=O) groups excluding carboxylic acids is 3. The molecule has 314 valence electrons. The summed E-state index contributed by atoms with van der Waals surface area (Å²) in [4.78, 5) is 56.0. The van der Waals surface area contributed by atoms with E-state index in [2.05, 4.69) is 13.0 Å². The minimum absolute atomic E-state index is 0.0227. The normalized spacial score (nSPS) is 38.8. The van der Waals surface area contributed by atoms with Crippen LogP contribution in [0.25, 0.3) is 0 Å². The van der Waals surface area contributed by atoms with Crippen molar-refractivity contribution in [2.24, 2.45) is 29.6 Å². The molecule has 3 fully saturated rings. The van der Waals surface area contributed by atoms with E-state index in [1.807, 2.05) is 44.2 Å². The van der Waals surface area contributed by atoms with Crippen molar-refractivity contribution in [2.45, 2.75) is 173 Å². The Hall–Kier alpha value is -2.92. The molecule has 10 atom stereocenters. The number of carbonyl (C=O) groups is 4. The zero-order valence-electron chi connectivity index (χ0n) is 34.8. The van der Waals surface area contributed by atoms with Crippen molar-refractivity contribution < 1.29 is 44.0 Å². The molecule has 1 amide bonds. The first-order valence-electron chi connectivity index (χ1n) is 21.6. The second-order valence-corrected chi connectivity index (χ2v) is 17.6. The van der Waals surface area contributed by atoms with Gasteiger partial charge in [0.05, 0.1) is 18.3 Å². The minimum atomic E-state index is -2.35. The minimum Gasteiger partial charge on any atom is -0.480 e. The molecule has 10 nitrogen and oxygen atoms in total. The Morgan fingerprint density at radius 3 is 2.46 bits per heavy atom. The summed E-state index contributed by atoms with van der Waals surface area (Å²) in [5.41, 5.74) is 1.91. The summed E-state index contributed by atoms with van der Waals surface area (Å²) in [6, 6.07) is -1.27. The van der Waals surface area contributed by atoms with Gasteiger partial charge in [0.25, 0.3) is 11.7 Å². The van der Waals surface area contributed by atoms with Crippen molar-refractivity contribution in [1.82, 2.24) is 4.90 Å². The van der Waals surface area contributed by atoms with Gasteiger partial charge in [0.15, 0.2) is 0 Å². The van der Waals surface area contributed by atoms with Gasteiger partial charge in [-0.2, -0.15) is 0 Å². The molecule has 4 aliphatic rings. The first kappa shape index (κ1) is 45.8. The van der Waals surface area contributed by atoms with Crippen LogP contribution in [0.4, 0.5) is 0 Å². The molecule has 3 heterocycles. The average molecular weight is 782 g/mol. The Kier molecular flexibility index (Phi) is 18.2. The van der Waals surface area contributed by atoms with Crippen LogP contribution in [0.15, 0.2) is 47.6 Å². The number of ether oxygens (including phenoxy) is 2. The van der Waals surface area contributed by atoms with Gasteiger partial charge in [0.1, 0.15) is 11.8 Å². The van der Waals surface area contributed by atoms with Crippen LogP contribution in [-0.2, 0) is 28.7 Å². The van der Waals surface area contributed by atoms with Gasteiger partial charge in [-0.25, -0.2) is 4.79 Å². The number of carboxylic acids is 1. The third kappa shape index (κ3) is 13.0. The topological polar surface area (TPSA) is 151 Å². The Balaban J connectivity index is 1.61. The number of aliphatic carboxylic acids is 1. The van der Waals surface area contributed by atoms with E-state index in [0.29, 0.717) is 63.7 Å². The monoisotopic (exact) mass is 782 g/mol. The van der Waals surface area contributed by atoms with Crippen LogP contribution in [0, 0.1) is 29.6 Å². The molecule has 4 rings (SSSR count). The summed E-state index contributed by atoms with van der Waals surface area (Å²) in [5.74, 6) is -6.20. The van der Waals surface area contributed by atoms with Gasteiger partial charge in [-0.3, -0.25) is 14.4 Å². The molecular weight excluding hydrogens is 711 g/mol. The lowest BCUT2D eigenvalue weighted by molar-refractivity contribution is -0.263. The number of allylic oxidation sites excluding steroid dienone is 7. The quantitative estimate of drug-likeness (QED) is 0.190. The highest BCUT2D eigenvalue weighted by Gasteiger charge is 2.54. The Labute approximate surface area is 335 Å². The average Bonchev–Trinajstić information content (AvgIpc) is 3.19. The molecule has 56 heavy (non-hydrogen) atoms. The van der Waals surface area contributed by atoms with E-state index < -0.39 is 53.5 Å².